The van der Waals surface area contributed by atoms with Gasteiger partial charge in [-0.05, 0) is 36.6 Å². The Labute approximate surface area is 190 Å². The largest absolute Gasteiger partial charge is 0.347 e. The van der Waals surface area contributed by atoms with E-state index in [9.17, 15) is 14.4 Å². The third-order valence-electron chi connectivity index (χ3n) is 6.30. The first-order chi connectivity index (χ1) is 15.5. The van der Waals surface area contributed by atoms with Gasteiger partial charge in [0.25, 0.3) is 5.91 Å². The van der Waals surface area contributed by atoms with Crippen molar-refractivity contribution in [2.24, 2.45) is 0 Å². The highest BCUT2D eigenvalue weighted by atomic mass is 35.5. The third-order valence-corrected chi connectivity index (χ3v) is 6.48. The van der Waals surface area contributed by atoms with Crippen LogP contribution in [0.4, 0.5) is 5.82 Å². The monoisotopic (exact) mass is 454 g/mol. The summed E-state index contributed by atoms with van der Waals surface area (Å²) >= 11 is 6.09. The molecule has 3 aliphatic heterocycles. The normalized spacial score (nSPS) is 22.8. The molecule has 4 heterocycles. The molecular weight excluding hydrogens is 432 g/mol. The van der Waals surface area contributed by atoms with E-state index in [-0.39, 0.29) is 24.3 Å². The first-order valence-electron chi connectivity index (χ1n) is 10.7. The average molecular weight is 455 g/mol. The molecule has 9 nitrogen and oxygen atoms in total. The fourth-order valence-corrected chi connectivity index (χ4v) is 4.84. The minimum absolute atomic E-state index is 0.168. The smallest absolute Gasteiger partial charge is 0.255 e. The zero-order valence-electron chi connectivity index (χ0n) is 17.4. The standard InChI is InChI=1S/C22H23ClN6O3/c23-18-9-25-10-19(26-18)28(15-5-6-24-8-15)11-13-1-2-16-14(7-13)12-29(22(16)32)17-3-4-20(30)27-21(17)31/h1-2,7,9-10,15,17,24H,3-6,8,11-12H2,(H,27,30,31). The van der Waals surface area contributed by atoms with Crippen molar-refractivity contribution in [2.75, 3.05) is 18.0 Å². The van der Waals surface area contributed by atoms with E-state index in [2.05, 4.69) is 25.5 Å². The van der Waals surface area contributed by atoms with Crippen molar-refractivity contribution in [3.8, 4) is 0 Å². The van der Waals surface area contributed by atoms with E-state index in [0.717, 1.165) is 30.6 Å². The Hall–Kier alpha value is -3.04. The van der Waals surface area contributed by atoms with Crippen LogP contribution in [0, 0.1) is 0 Å². The Bertz CT molecular complexity index is 1090. The quantitative estimate of drug-likeness (QED) is 0.655. The first kappa shape index (κ1) is 20.8. The van der Waals surface area contributed by atoms with E-state index < -0.39 is 11.9 Å². The van der Waals surface area contributed by atoms with Gasteiger partial charge in [-0.1, -0.05) is 23.7 Å². The molecule has 3 amide bonds. The highest BCUT2D eigenvalue weighted by Crippen LogP contribution is 2.29. The molecule has 0 radical (unpaired) electrons. The van der Waals surface area contributed by atoms with E-state index in [1.807, 2.05) is 18.2 Å². The van der Waals surface area contributed by atoms with Gasteiger partial charge in [0.15, 0.2) is 0 Å². The molecule has 2 unspecified atom stereocenters. The van der Waals surface area contributed by atoms with Crippen molar-refractivity contribution in [3.63, 3.8) is 0 Å². The van der Waals surface area contributed by atoms with Crippen LogP contribution in [0.1, 0.15) is 40.7 Å². The number of rotatable bonds is 5. The number of amides is 3. The summed E-state index contributed by atoms with van der Waals surface area (Å²) in [6.45, 7) is 2.74. The van der Waals surface area contributed by atoms with Gasteiger partial charge >= 0.3 is 0 Å². The van der Waals surface area contributed by atoms with Gasteiger partial charge < -0.3 is 15.1 Å². The number of nitrogens with one attached hydrogen (secondary N) is 2. The number of carbonyl (C=O) groups excluding carboxylic acids is 3. The molecule has 2 N–H and O–H groups in total. The SMILES string of the molecule is O=C1CCC(N2Cc3cc(CN(c4cncc(Cl)n4)C4CCNC4)ccc3C2=O)C(=O)N1. The van der Waals surface area contributed by atoms with Crippen molar-refractivity contribution in [1.82, 2.24) is 25.5 Å². The van der Waals surface area contributed by atoms with Crippen LogP contribution in [0.2, 0.25) is 5.15 Å². The summed E-state index contributed by atoms with van der Waals surface area (Å²) in [5.41, 5.74) is 2.53. The molecule has 32 heavy (non-hydrogen) atoms. The van der Waals surface area contributed by atoms with E-state index in [0.29, 0.717) is 36.0 Å². The van der Waals surface area contributed by atoms with Crippen molar-refractivity contribution < 1.29 is 14.4 Å². The van der Waals surface area contributed by atoms with Gasteiger partial charge in [0.1, 0.15) is 17.0 Å². The summed E-state index contributed by atoms with van der Waals surface area (Å²) in [7, 11) is 0. The van der Waals surface area contributed by atoms with Crippen LogP contribution in [-0.2, 0) is 22.7 Å². The van der Waals surface area contributed by atoms with E-state index in [1.165, 1.54) is 6.20 Å². The number of aromatic nitrogens is 2. The second-order valence-electron chi connectivity index (χ2n) is 8.37. The molecule has 0 aliphatic carbocycles. The summed E-state index contributed by atoms with van der Waals surface area (Å²) in [5.74, 6) is -0.142. The van der Waals surface area contributed by atoms with E-state index >= 15 is 0 Å². The van der Waals surface area contributed by atoms with Crippen LogP contribution in [-0.4, -0.2) is 57.8 Å². The molecule has 2 fully saturated rings. The number of carbonyl (C=O) groups is 3. The zero-order valence-corrected chi connectivity index (χ0v) is 18.1. The Kier molecular flexibility index (Phi) is 5.52. The number of halogens is 1. The predicted octanol–water partition coefficient (Wildman–Crippen LogP) is 1.26. The fourth-order valence-electron chi connectivity index (χ4n) is 4.70. The van der Waals surface area contributed by atoms with Crippen molar-refractivity contribution in [1.29, 1.82) is 0 Å². The molecule has 5 rings (SSSR count). The first-order valence-corrected chi connectivity index (χ1v) is 11.1. The number of benzene rings is 1. The van der Waals surface area contributed by atoms with Crippen LogP contribution < -0.4 is 15.5 Å². The number of anilines is 1. The Morgan fingerprint density at radius 2 is 2.06 bits per heavy atom. The van der Waals surface area contributed by atoms with Gasteiger partial charge in [-0.15, -0.1) is 0 Å². The predicted molar refractivity (Wildman–Crippen MR) is 117 cm³/mol. The summed E-state index contributed by atoms with van der Waals surface area (Å²) in [6.07, 6.45) is 4.81. The summed E-state index contributed by atoms with van der Waals surface area (Å²) in [5, 5.41) is 6.07. The lowest BCUT2D eigenvalue weighted by Crippen LogP contribution is -2.52. The van der Waals surface area contributed by atoms with Crippen molar-refractivity contribution in [2.45, 2.75) is 44.4 Å². The Balaban J connectivity index is 1.38. The molecule has 3 aliphatic rings. The average Bonchev–Trinajstić information content (AvgIpc) is 3.41. The number of imide groups is 1. The third kappa shape index (κ3) is 3.93. The second-order valence-corrected chi connectivity index (χ2v) is 8.75. The van der Waals surface area contributed by atoms with Crippen LogP contribution in [0.5, 0.6) is 0 Å². The van der Waals surface area contributed by atoms with E-state index in [4.69, 9.17) is 11.6 Å². The number of hydrogen-bond acceptors (Lipinski definition) is 7. The Morgan fingerprint density at radius 3 is 2.81 bits per heavy atom. The molecule has 2 aromatic rings. The van der Waals surface area contributed by atoms with E-state index in [1.54, 1.807) is 11.1 Å². The Morgan fingerprint density at radius 1 is 1.19 bits per heavy atom. The lowest BCUT2D eigenvalue weighted by Gasteiger charge is -2.29. The maximum absolute atomic E-state index is 12.9. The molecule has 2 saturated heterocycles. The number of nitrogens with zero attached hydrogens (tertiary/aromatic N) is 4. The molecule has 0 bridgehead atoms. The second kappa shape index (κ2) is 8.48. The topological polar surface area (TPSA) is 108 Å². The van der Waals surface area contributed by atoms with Crippen LogP contribution in [0.25, 0.3) is 0 Å². The summed E-state index contributed by atoms with van der Waals surface area (Å²) in [4.78, 5) is 49.1. The summed E-state index contributed by atoms with van der Waals surface area (Å²) in [6, 6.07) is 5.44. The zero-order chi connectivity index (χ0) is 22.2. The molecule has 2 atom stereocenters. The minimum Gasteiger partial charge on any atom is -0.347 e. The van der Waals surface area contributed by atoms with Crippen LogP contribution in [0.3, 0.4) is 0 Å². The highest BCUT2D eigenvalue weighted by molar-refractivity contribution is 6.29. The summed E-state index contributed by atoms with van der Waals surface area (Å²) < 4.78 is 0. The molecular formula is C22H23ClN6O3. The molecule has 1 aromatic heterocycles. The van der Waals surface area contributed by atoms with Crippen molar-refractivity contribution >= 4 is 35.1 Å². The lowest BCUT2D eigenvalue weighted by molar-refractivity contribution is -0.136. The van der Waals surface area contributed by atoms with Gasteiger partial charge in [-0.25, -0.2) is 4.98 Å². The molecule has 10 heteroatoms. The highest BCUT2D eigenvalue weighted by Gasteiger charge is 2.39. The van der Waals surface area contributed by atoms with Gasteiger partial charge in [-0.2, -0.15) is 0 Å². The van der Waals surface area contributed by atoms with Gasteiger partial charge in [0.2, 0.25) is 11.8 Å². The number of hydrogen-bond donors (Lipinski definition) is 2. The molecule has 166 valence electrons. The van der Waals surface area contributed by atoms with Crippen LogP contribution >= 0.6 is 11.6 Å². The van der Waals surface area contributed by atoms with Crippen LogP contribution in [0.15, 0.2) is 30.6 Å². The fraction of sp³-hybridized carbons (Fsp3) is 0.409. The number of fused-ring (bicyclic) bond motifs is 1. The van der Waals surface area contributed by atoms with Gasteiger partial charge in [-0.3, -0.25) is 24.7 Å². The maximum atomic E-state index is 12.9. The van der Waals surface area contributed by atoms with Gasteiger partial charge in [0.05, 0.1) is 12.4 Å². The molecule has 0 saturated carbocycles. The molecule has 1 aromatic carbocycles. The number of piperidine rings is 1. The van der Waals surface area contributed by atoms with Gasteiger partial charge in [0, 0.05) is 37.7 Å². The lowest BCUT2D eigenvalue weighted by atomic mass is 10.0. The maximum Gasteiger partial charge on any atom is 0.255 e. The molecule has 0 spiro atoms. The minimum atomic E-state index is -0.612. The van der Waals surface area contributed by atoms with Crippen molar-refractivity contribution in [3.05, 3.63) is 52.4 Å².